The maximum absolute atomic E-state index is 12.9. The number of halogens is 4. The van der Waals surface area contributed by atoms with Crippen molar-refractivity contribution in [3.63, 3.8) is 0 Å². The standard InChI is InChI=1S/C23H20ClF3O3/c1-2-12-5-6-15(30-16-7-8-18(19(24)11-16)23(25,26)27)10-17(12)20-21(28)13-3-4-14(9-13)22(20)29/h5-8,10-11,13-14,28H,2-4,9H2,1H3. The molecular formula is C23H20ClF3O3. The van der Waals surface area contributed by atoms with Crippen LogP contribution < -0.4 is 4.74 Å². The van der Waals surface area contributed by atoms with E-state index >= 15 is 0 Å². The number of rotatable bonds is 4. The van der Waals surface area contributed by atoms with Crippen molar-refractivity contribution in [3.05, 3.63) is 63.9 Å². The molecule has 1 N–H and O–H groups in total. The Morgan fingerprint density at radius 1 is 1.10 bits per heavy atom. The number of hydrogen-bond acceptors (Lipinski definition) is 3. The summed E-state index contributed by atoms with van der Waals surface area (Å²) in [5.74, 6) is 0.527. The molecular weight excluding hydrogens is 417 g/mol. The van der Waals surface area contributed by atoms with Crippen LogP contribution in [0.2, 0.25) is 5.02 Å². The molecule has 2 unspecified atom stereocenters. The zero-order valence-electron chi connectivity index (χ0n) is 16.2. The summed E-state index contributed by atoms with van der Waals surface area (Å²) >= 11 is 5.77. The Bertz CT molecular complexity index is 1040. The summed E-state index contributed by atoms with van der Waals surface area (Å²) in [6.07, 6.45) is -1.63. The largest absolute Gasteiger partial charge is 0.511 e. The van der Waals surface area contributed by atoms with Gasteiger partial charge in [0.25, 0.3) is 0 Å². The first-order chi connectivity index (χ1) is 14.2. The summed E-state index contributed by atoms with van der Waals surface area (Å²) in [6, 6.07) is 8.34. The van der Waals surface area contributed by atoms with Crippen molar-refractivity contribution in [1.82, 2.24) is 0 Å². The molecule has 2 atom stereocenters. The summed E-state index contributed by atoms with van der Waals surface area (Å²) in [5.41, 5.74) is 0.925. The number of aryl methyl sites for hydroxylation is 1. The van der Waals surface area contributed by atoms with Gasteiger partial charge in [0.2, 0.25) is 0 Å². The number of Topliss-reactive ketones (excluding diaryl/α,β-unsaturated/α-hetero) is 1. The third-order valence-electron chi connectivity index (χ3n) is 5.91. The number of ketones is 1. The normalized spacial score (nSPS) is 21.3. The van der Waals surface area contributed by atoms with E-state index in [2.05, 4.69) is 0 Å². The van der Waals surface area contributed by atoms with E-state index in [9.17, 15) is 23.1 Å². The molecule has 0 heterocycles. The lowest BCUT2D eigenvalue weighted by atomic mass is 9.81. The molecule has 2 aromatic rings. The number of aliphatic hydroxyl groups excluding tert-OH is 1. The van der Waals surface area contributed by atoms with Crippen LogP contribution in [0.1, 0.15) is 42.9 Å². The van der Waals surface area contributed by atoms with Gasteiger partial charge in [-0.2, -0.15) is 13.2 Å². The number of aliphatic hydroxyl groups is 1. The van der Waals surface area contributed by atoms with E-state index in [0.717, 1.165) is 30.5 Å². The van der Waals surface area contributed by atoms with Gasteiger partial charge in [0.15, 0.2) is 5.78 Å². The van der Waals surface area contributed by atoms with E-state index < -0.39 is 16.8 Å². The molecule has 4 rings (SSSR count). The van der Waals surface area contributed by atoms with Crippen LogP contribution in [0.15, 0.2) is 42.2 Å². The van der Waals surface area contributed by atoms with Gasteiger partial charge in [0.1, 0.15) is 17.3 Å². The molecule has 0 spiro atoms. The minimum absolute atomic E-state index is 0.00528. The average Bonchev–Trinajstić information content (AvgIpc) is 3.13. The lowest BCUT2D eigenvalue weighted by Gasteiger charge is -2.23. The molecule has 1 saturated carbocycles. The zero-order chi connectivity index (χ0) is 21.6. The topological polar surface area (TPSA) is 46.5 Å². The van der Waals surface area contributed by atoms with Crippen molar-refractivity contribution in [3.8, 4) is 11.5 Å². The highest BCUT2D eigenvalue weighted by molar-refractivity contribution is 6.31. The van der Waals surface area contributed by atoms with Gasteiger partial charge in [-0.1, -0.05) is 24.6 Å². The van der Waals surface area contributed by atoms with Crippen molar-refractivity contribution in [2.45, 2.75) is 38.8 Å². The molecule has 1 fully saturated rings. The van der Waals surface area contributed by atoms with Crippen LogP contribution in [0.3, 0.4) is 0 Å². The molecule has 7 heteroatoms. The SMILES string of the molecule is CCc1ccc(Oc2ccc(C(F)(F)F)c(Cl)c2)cc1C1=C(O)C2CCC(C2)C1=O. The maximum Gasteiger partial charge on any atom is 0.417 e. The number of alkyl halides is 3. The molecule has 2 bridgehead atoms. The fourth-order valence-electron chi connectivity index (χ4n) is 4.36. The first-order valence-corrected chi connectivity index (χ1v) is 10.2. The van der Waals surface area contributed by atoms with Gasteiger partial charge in [-0.25, -0.2) is 0 Å². The number of benzene rings is 2. The van der Waals surface area contributed by atoms with Crippen LogP contribution in [0.4, 0.5) is 13.2 Å². The number of fused-ring (bicyclic) bond motifs is 2. The summed E-state index contributed by atoms with van der Waals surface area (Å²) in [5, 5.41) is 10.3. The number of hydrogen-bond donors (Lipinski definition) is 1. The second-order valence-electron chi connectivity index (χ2n) is 7.75. The van der Waals surface area contributed by atoms with E-state index in [-0.39, 0.29) is 29.1 Å². The predicted octanol–water partition coefficient (Wildman–Crippen LogP) is 6.98. The number of allylic oxidation sites excluding steroid dienone is 2. The summed E-state index contributed by atoms with van der Waals surface area (Å²) in [4.78, 5) is 12.9. The van der Waals surface area contributed by atoms with Crippen LogP contribution in [0.5, 0.6) is 11.5 Å². The van der Waals surface area contributed by atoms with Gasteiger partial charge in [0, 0.05) is 17.9 Å². The Hall–Kier alpha value is -2.47. The second kappa shape index (κ2) is 7.65. The summed E-state index contributed by atoms with van der Waals surface area (Å²) < 4.78 is 44.4. The van der Waals surface area contributed by atoms with Crippen molar-refractivity contribution in [1.29, 1.82) is 0 Å². The molecule has 2 aliphatic rings. The predicted molar refractivity (Wildman–Crippen MR) is 108 cm³/mol. The molecule has 2 aromatic carbocycles. The molecule has 0 amide bonds. The van der Waals surface area contributed by atoms with Crippen molar-refractivity contribution >= 4 is 23.0 Å². The number of ether oxygens (including phenoxy) is 1. The zero-order valence-corrected chi connectivity index (χ0v) is 17.0. The quantitative estimate of drug-likeness (QED) is 0.562. The fourth-order valence-corrected chi connectivity index (χ4v) is 4.64. The number of carbonyl (C=O) groups is 1. The molecule has 2 aliphatic carbocycles. The molecule has 0 aromatic heterocycles. The number of carbonyl (C=O) groups excluding carboxylic acids is 1. The third kappa shape index (κ3) is 3.69. The highest BCUT2D eigenvalue weighted by Crippen LogP contribution is 2.46. The van der Waals surface area contributed by atoms with Crippen LogP contribution in [-0.2, 0) is 17.4 Å². The van der Waals surface area contributed by atoms with E-state index in [4.69, 9.17) is 16.3 Å². The minimum atomic E-state index is -4.55. The van der Waals surface area contributed by atoms with Crippen molar-refractivity contribution < 1.29 is 27.8 Å². The van der Waals surface area contributed by atoms with E-state index in [1.54, 1.807) is 18.2 Å². The molecule has 3 nitrogen and oxygen atoms in total. The third-order valence-corrected chi connectivity index (χ3v) is 6.22. The Labute approximate surface area is 177 Å². The lowest BCUT2D eigenvalue weighted by molar-refractivity contribution is -0.137. The highest BCUT2D eigenvalue weighted by Gasteiger charge is 2.41. The Balaban J connectivity index is 1.70. The van der Waals surface area contributed by atoms with E-state index in [1.807, 2.05) is 6.92 Å². The van der Waals surface area contributed by atoms with Gasteiger partial charge in [0.05, 0.1) is 16.2 Å². The summed E-state index contributed by atoms with van der Waals surface area (Å²) in [6.45, 7) is 1.95. The molecule has 30 heavy (non-hydrogen) atoms. The van der Waals surface area contributed by atoms with Gasteiger partial charge in [-0.3, -0.25) is 4.79 Å². The smallest absolute Gasteiger partial charge is 0.417 e. The molecule has 0 radical (unpaired) electrons. The minimum Gasteiger partial charge on any atom is -0.511 e. The van der Waals surface area contributed by atoms with Gasteiger partial charge in [-0.15, -0.1) is 0 Å². The van der Waals surface area contributed by atoms with E-state index in [0.29, 0.717) is 29.7 Å². The van der Waals surface area contributed by atoms with Crippen LogP contribution >= 0.6 is 11.6 Å². The van der Waals surface area contributed by atoms with Gasteiger partial charge < -0.3 is 9.84 Å². The van der Waals surface area contributed by atoms with Gasteiger partial charge in [-0.05, 0) is 61.1 Å². The molecule has 158 valence electrons. The Morgan fingerprint density at radius 2 is 1.77 bits per heavy atom. The highest BCUT2D eigenvalue weighted by atomic mass is 35.5. The van der Waals surface area contributed by atoms with Crippen LogP contribution in [0, 0.1) is 11.8 Å². The Kier molecular flexibility index (Phi) is 5.30. The Morgan fingerprint density at radius 3 is 2.43 bits per heavy atom. The fraction of sp³-hybridized carbons (Fsp3) is 0.348. The second-order valence-corrected chi connectivity index (χ2v) is 8.15. The lowest BCUT2D eigenvalue weighted by Crippen LogP contribution is -2.21. The monoisotopic (exact) mass is 436 g/mol. The average molecular weight is 437 g/mol. The maximum atomic E-state index is 12.9. The summed E-state index contributed by atoms with van der Waals surface area (Å²) in [7, 11) is 0. The van der Waals surface area contributed by atoms with Crippen LogP contribution in [-0.4, -0.2) is 10.9 Å². The first-order valence-electron chi connectivity index (χ1n) is 9.84. The van der Waals surface area contributed by atoms with Gasteiger partial charge >= 0.3 is 6.18 Å². The van der Waals surface area contributed by atoms with Crippen molar-refractivity contribution in [2.24, 2.45) is 11.8 Å². The van der Waals surface area contributed by atoms with E-state index in [1.165, 1.54) is 6.07 Å². The first kappa shape index (κ1) is 20.8. The molecule has 0 saturated heterocycles. The molecule has 0 aliphatic heterocycles. The van der Waals surface area contributed by atoms with Crippen molar-refractivity contribution in [2.75, 3.05) is 0 Å². The van der Waals surface area contributed by atoms with Crippen LogP contribution in [0.25, 0.3) is 5.57 Å².